The van der Waals surface area contributed by atoms with E-state index in [9.17, 15) is 14.4 Å². The smallest absolute Gasteiger partial charge is 0.407 e. The molecule has 0 aliphatic rings. The Morgan fingerprint density at radius 1 is 0.676 bits per heavy atom. The summed E-state index contributed by atoms with van der Waals surface area (Å²) in [6, 6.07) is 15.7. The third-order valence-corrected chi connectivity index (χ3v) is 4.72. The van der Waals surface area contributed by atoms with Crippen LogP contribution in [0.1, 0.15) is 77.1 Å². The number of nitrogens with one attached hydrogen (secondary N) is 2. The second kappa shape index (κ2) is 15.0. The number of amides is 2. The molecule has 4 N–H and O–H groups in total. The molecule has 8 nitrogen and oxygen atoms in total. The molecule has 0 saturated heterocycles. The molecule has 0 aromatic heterocycles. The van der Waals surface area contributed by atoms with Crippen LogP contribution in [0, 0.1) is 0 Å². The molecule has 0 radical (unpaired) electrons. The summed E-state index contributed by atoms with van der Waals surface area (Å²) < 4.78 is 10.3. The summed E-state index contributed by atoms with van der Waals surface area (Å²) in [5.74, 6) is 0.195. The third-order valence-electron chi connectivity index (χ3n) is 4.72. The second-order valence-electron chi connectivity index (χ2n) is 10.8. The van der Waals surface area contributed by atoms with Crippen LogP contribution in [0.2, 0.25) is 0 Å². The van der Waals surface area contributed by atoms with Gasteiger partial charge < -0.3 is 30.6 Å². The van der Waals surface area contributed by atoms with Gasteiger partial charge in [-0.25, -0.2) is 9.59 Å². The Bertz CT molecular complexity index is 988. The van der Waals surface area contributed by atoms with Gasteiger partial charge in [0.2, 0.25) is 0 Å². The molecule has 0 atom stereocenters. The molecule has 2 amide bonds. The first-order chi connectivity index (χ1) is 17.2. The minimum Gasteiger partial charge on any atom is -0.444 e. The number of benzene rings is 2. The molecule has 37 heavy (non-hydrogen) atoms. The number of hydrogen-bond donors (Lipinski definition) is 3. The molecule has 0 heterocycles. The van der Waals surface area contributed by atoms with Crippen molar-refractivity contribution in [3.8, 4) is 0 Å². The number of carbonyl (C=O) groups excluding carboxylic acids is 3. The van der Waals surface area contributed by atoms with Crippen LogP contribution < -0.4 is 16.4 Å². The van der Waals surface area contributed by atoms with E-state index < -0.39 is 23.4 Å². The molecule has 0 aliphatic heterocycles. The normalized spacial score (nSPS) is 11.0. The number of hydrogen-bond acceptors (Lipinski definition) is 6. The maximum Gasteiger partial charge on any atom is 0.407 e. The SMILES string of the molecule is CC(=O)CCc1ccc(CNC(=O)OC(C)(C)C)cc1.CC(C)(C)OC(=O)NCc1ccc(CN)cc1. The molecular formula is C29H43N3O5. The summed E-state index contributed by atoms with van der Waals surface area (Å²) in [5, 5.41) is 5.41. The lowest BCUT2D eigenvalue weighted by atomic mass is 10.1. The van der Waals surface area contributed by atoms with Gasteiger partial charge in [-0.15, -0.1) is 0 Å². The van der Waals surface area contributed by atoms with Crippen LogP contribution in [-0.4, -0.2) is 29.2 Å². The van der Waals surface area contributed by atoms with Crippen molar-refractivity contribution in [3.05, 3.63) is 70.8 Å². The molecule has 2 aromatic rings. The maximum absolute atomic E-state index is 11.5. The summed E-state index contributed by atoms with van der Waals surface area (Å²) in [5.41, 5.74) is 8.78. The average Bonchev–Trinajstić information content (AvgIpc) is 2.79. The zero-order chi connectivity index (χ0) is 28.1. The fraction of sp³-hybridized carbons (Fsp3) is 0.483. The summed E-state index contributed by atoms with van der Waals surface area (Å²) >= 11 is 0. The van der Waals surface area contributed by atoms with Crippen molar-refractivity contribution in [1.29, 1.82) is 0 Å². The van der Waals surface area contributed by atoms with Crippen molar-refractivity contribution in [2.45, 2.75) is 92.1 Å². The number of Topliss-reactive ketones (excluding diaryl/α,β-unsaturated/α-hetero) is 1. The van der Waals surface area contributed by atoms with Gasteiger partial charge in [0.05, 0.1) is 0 Å². The minimum atomic E-state index is -0.485. The van der Waals surface area contributed by atoms with Crippen LogP contribution in [0.4, 0.5) is 9.59 Å². The second-order valence-corrected chi connectivity index (χ2v) is 10.8. The molecule has 2 aromatic carbocycles. The van der Waals surface area contributed by atoms with Gasteiger partial charge >= 0.3 is 12.2 Å². The molecule has 2 rings (SSSR count). The summed E-state index contributed by atoms with van der Waals surface area (Å²) in [7, 11) is 0. The minimum absolute atomic E-state index is 0.195. The van der Waals surface area contributed by atoms with E-state index in [1.54, 1.807) is 6.92 Å². The predicted octanol–water partition coefficient (Wildman–Crippen LogP) is 5.40. The van der Waals surface area contributed by atoms with Gasteiger partial charge in [0, 0.05) is 26.1 Å². The van der Waals surface area contributed by atoms with Crippen molar-refractivity contribution in [1.82, 2.24) is 10.6 Å². The Morgan fingerprint density at radius 2 is 1.03 bits per heavy atom. The molecule has 0 aliphatic carbocycles. The first-order valence-corrected chi connectivity index (χ1v) is 12.5. The number of carbonyl (C=O) groups is 3. The monoisotopic (exact) mass is 513 g/mol. The third kappa shape index (κ3) is 16.1. The van der Waals surface area contributed by atoms with E-state index in [1.807, 2.05) is 90.1 Å². The first-order valence-electron chi connectivity index (χ1n) is 12.5. The molecule has 0 unspecified atom stereocenters. The Labute approximate surface area is 221 Å². The van der Waals surface area contributed by atoms with Gasteiger partial charge in [0.1, 0.15) is 17.0 Å². The van der Waals surface area contributed by atoms with Crippen LogP contribution in [0.5, 0.6) is 0 Å². The van der Waals surface area contributed by atoms with Gasteiger partial charge in [-0.3, -0.25) is 0 Å². The van der Waals surface area contributed by atoms with E-state index in [-0.39, 0.29) is 5.78 Å². The molecule has 8 heteroatoms. The van der Waals surface area contributed by atoms with E-state index in [0.717, 1.165) is 28.7 Å². The molecule has 0 spiro atoms. The van der Waals surface area contributed by atoms with Crippen LogP contribution >= 0.6 is 0 Å². The van der Waals surface area contributed by atoms with E-state index >= 15 is 0 Å². The highest BCUT2D eigenvalue weighted by atomic mass is 16.6. The molecule has 0 bridgehead atoms. The highest BCUT2D eigenvalue weighted by Crippen LogP contribution is 2.10. The van der Waals surface area contributed by atoms with Gasteiger partial charge in [-0.1, -0.05) is 48.5 Å². The number of alkyl carbamates (subject to hydrolysis) is 2. The van der Waals surface area contributed by atoms with Crippen molar-refractivity contribution < 1.29 is 23.9 Å². The summed E-state index contributed by atoms with van der Waals surface area (Å²) in [4.78, 5) is 33.8. The lowest BCUT2D eigenvalue weighted by molar-refractivity contribution is -0.116. The van der Waals surface area contributed by atoms with E-state index in [0.29, 0.717) is 26.1 Å². The van der Waals surface area contributed by atoms with Crippen molar-refractivity contribution in [3.63, 3.8) is 0 Å². The van der Waals surface area contributed by atoms with Crippen molar-refractivity contribution in [2.24, 2.45) is 5.73 Å². The fourth-order valence-electron chi connectivity index (χ4n) is 2.91. The fourth-order valence-corrected chi connectivity index (χ4v) is 2.91. The number of ketones is 1. The lowest BCUT2D eigenvalue weighted by Crippen LogP contribution is -2.32. The van der Waals surface area contributed by atoms with Crippen molar-refractivity contribution in [2.75, 3.05) is 0 Å². The highest BCUT2D eigenvalue weighted by molar-refractivity contribution is 5.75. The molecular weight excluding hydrogens is 470 g/mol. The molecule has 0 fully saturated rings. The number of aryl methyl sites for hydroxylation is 1. The number of ether oxygens (including phenoxy) is 2. The van der Waals surface area contributed by atoms with Crippen LogP contribution in [0.15, 0.2) is 48.5 Å². The average molecular weight is 514 g/mol. The molecule has 0 saturated carbocycles. The highest BCUT2D eigenvalue weighted by Gasteiger charge is 2.16. The quantitative estimate of drug-likeness (QED) is 0.435. The predicted molar refractivity (Wildman–Crippen MR) is 146 cm³/mol. The first kappa shape index (κ1) is 31.6. The Morgan fingerprint density at radius 3 is 1.35 bits per heavy atom. The van der Waals surface area contributed by atoms with E-state index in [4.69, 9.17) is 15.2 Å². The van der Waals surface area contributed by atoms with Gasteiger partial charge in [0.25, 0.3) is 0 Å². The summed E-state index contributed by atoms with van der Waals surface area (Å²) in [6.45, 7) is 14.0. The van der Waals surface area contributed by atoms with Crippen LogP contribution in [0.3, 0.4) is 0 Å². The maximum atomic E-state index is 11.5. The topological polar surface area (TPSA) is 120 Å². The van der Waals surface area contributed by atoms with E-state index in [1.165, 1.54) is 0 Å². The molecule has 204 valence electrons. The van der Waals surface area contributed by atoms with Gasteiger partial charge in [-0.2, -0.15) is 0 Å². The lowest BCUT2D eigenvalue weighted by Gasteiger charge is -2.19. The van der Waals surface area contributed by atoms with Crippen LogP contribution in [0.25, 0.3) is 0 Å². The standard InChI is InChI=1S/C16H23NO3.C13H20N2O2/c1-12(18)5-6-13-7-9-14(10-8-13)11-17-15(19)20-16(2,3)4;1-13(2,3)17-12(16)15-9-11-6-4-10(8-14)5-7-11/h7-10H,5-6,11H2,1-4H3,(H,17,19);4-7H,8-9,14H2,1-3H3,(H,15,16). The zero-order valence-electron chi connectivity index (χ0n) is 23.3. The van der Waals surface area contributed by atoms with Gasteiger partial charge in [-0.05, 0) is 77.1 Å². The Hall–Kier alpha value is -3.39. The number of nitrogens with two attached hydrogens (primary N) is 1. The van der Waals surface area contributed by atoms with Crippen LogP contribution in [-0.2, 0) is 40.3 Å². The van der Waals surface area contributed by atoms with Crippen molar-refractivity contribution >= 4 is 18.0 Å². The van der Waals surface area contributed by atoms with E-state index in [2.05, 4.69) is 10.6 Å². The number of rotatable bonds is 8. The Balaban J connectivity index is 0.000000375. The zero-order valence-corrected chi connectivity index (χ0v) is 23.3. The van der Waals surface area contributed by atoms with Gasteiger partial charge in [0.15, 0.2) is 0 Å². The summed E-state index contributed by atoms with van der Waals surface area (Å²) in [6.07, 6.45) is 0.503. The largest absolute Gasteiger partial charge is 0.444 e. The Kier molecular flexibility index (Phi) is 12.8.